The standard InChI is InChI=1S/C7H15N3O2.CH2O2/c1-3-9-6(11)4-10-7(12)5(2)8;2-1-3/h5H,3-4,8H2,1-2H3,(H,9,11)(H,10,12);1H,(H,2,3). The maximum absolute atomic E-state index is 10.8. The van der Waals surface area contributed by atoms with Gasteiger partial charge in [-0.2, -0.15) is 0 Å². The first kappa shape index (κ1) is 15.8. The number of nitrogens with two attached hydrogens (primary N) is 1. The lowest BCUT2D eigenvalue weighted by Crippen LogP contribution is -2.43. The lowest BCUT2D eigenvalue weighted by molar-refractivity contribution is -0.126. The highest BCUT2D eigenvalue weighted by Crippen LogP contribution is 1.73. The molecule has 0 bridgehead atoms. The van der Waals surface area contributed by atoms with Crippen LogP contribution in [0.3, 0.4) is 0 Å². The summed E-state index contributed by atoms with van der Waals surface area (Å²) in [5.41, 5.74) is 5.25. The molecule has 0 aliphatic heterocycles. The van der Waals surface area contributed by atoms with Crippen LogP contribution < -0.4 is 16.4 Å². The Hall–Kier alpha value is -1.63. The number of amides is 2. The van der Waals surface area contributed by atoms with Gasteiger partial charge < -0.3 is 21.5 Å². The first-order chi connectivity index (χ1) is 6.99. The van der Waals surface area contributed by atoms with Crippen LogP contribution in [0.15, 0.2) is 0 Å². The van der Waals surface area contributed by atoms with Crippen LogP contribution in [-0.4, -0.2) is 42.5 Å². The normalized spacial score (nSPS) is 10.3. The Kier molecular flexibility index (Phi) is 11.0. The van der Waals surface area contributed by atoms with Crippen LogP contribution in [0, 0.1) is 0 Å². The number of likely N-dealkylation sites (N-methyl/N-ethyl adjacent to an activating group) is 1. The molecule has 7 nitrogen and oxygen atoms in total. The average Bonchev–Trinajstić information content (AvgIpc) is 2.15. The third-order valence-electron chi connectivity index (χ3n) is 1.21. The van der Waals surface area contributed by atoms with Gasteiger partial charge >= 0.3 is 0 Å². The Morgan fingerprint density at radius 3 is 2.27 bits per heavy atom. The Morgan fingerprint density at radius 2 is 1.93 bits per heavy atom. The van der Waals surface area contributed by atoms with E-state index < -0.39 is 6.04 Å². The second-order valence-electron chi connectivity index (χ2n) is 2.57. The lowest BCUT2D eigenvalue weighted by atomic mass is 10.3. The van der Waals surface area contributed by atoms with E-state index in [1.165, 1.54) is 0 Å². The van der Waals surface area contributed by atoms with Crippen molar-refractivity contribution in [2.24, 2.45) is 5.73 Å². The van der Waals surface area contributed by atoms with Gasteiger partial charge in [-0.25, -0.2) is 0 Å². The summed E-state index contributed by atoms with van der Waals surface area (Å²) in [6.45, 7) is 3.68. The molecule has 7 heteroatoms. The maximum Gasteiger partial charge on any atom is 0.290 e. The number of nitrogens with one attached hydrogen (secondary N) is 2. The number of hydrogen-bond donors (Lipinski definition) is 4. The van der Waals surface area contributed by atoms with Crippen molar-refractivity contribution >= 4 is 18.3 Å². The Labute approximate surface area is 88.0 Å². The molecule has 0 aromatic carbocycles. The molecule has 0 saturated carbocycles. The quantitative estimate of drug-likeness (QED) is 0.419. The molecule has 5 N–H and O–H groups in total. The number of carboxylic acid groups (broad SMARTS) is 1. The number of carbonyl (C=O) groups excluding carboxylic acids is 2. The second-order valence-corrected chi connectivity index (χ2v) is 2.57. The fourth-order valence-corrected chi connectivity index (χ4v) is 0.588. The minimum atomic E-state index is -0.570. The largest absolute Gasteiger partial charge is 0.483 e. The Bertz CT molecular complexity index is 206. The van der Waals surface area contributed by atoms with Gasteiger partial charge in [0.25, 0.3) is 6.47 Å². The topological polar surface area (TPSA) is 122 Å². The van der Waals surface area contributed by atoms with Crippen molar-refractivity contribution in [2.45, 2.75) is 19.9 Å². The van der Waals surface area contributed by atoms with E-state index in [-0.39, 0.29) is 24.8 Å². The molecule has 0 aliphatic carbocycles. The fourth-order valence-electron chi connectivity index (χ4n) is 0.588. The lowest BCUT2D eigenvalue weighted by Gasteiger charge is -2.06. The summed E-state index contributed by atoms with van der Waals surface area (Å²) < 4.78 is 0. The first-order valence-electron chi connectivity index (χ1n) is 4.37. The SMILES string of the molecule is CCNC(=O)CNC(=O)C(C)N.O=CO. The minimum Gasteiger partial charge on any atom is -0.483 e. The van der Waals surface area contributed by atoms with Crippen LogP contribution in [0.25, 0.3) is 0 Å². The molecule has 88 valence electrons. The number of carbonyl (C=O) groups is 3. The fraction of sp³-hybridized carbons (Fsp3) is 0.625. The summed E-state index contributed by atoms with van der Waals surface area (Å²) in [5.74, 6) is -0.521. The third kappa shape index (κ3) is 12.4. The predicted molar refractivity (Wildman–Crippen MR) is 54.0 cm³/mol. The van der Waals surface area contributed by atoms with Crippen LogP contribution in [0.2, 0.25) is 0 Å². The van der Waals surface area contributed by atoms with Crippen molar-refractivity contribution < 1.29 is 19.5 Å². The van der Waals surface area contributed by atoms with Gasteiger partial charge in [-0.05, 0) is 13.8 Å². The predicted octanol–water partition coefficient (Wildman–Crippen LogP) is -1.71. The molecule has 0 spiro atoms. The van der Waals surface area contributed by atoms with Gasteiger partial charge in [0.05, 0.1) is 12.6 Å². The molecule has 2 amide bonds. The van der Waals surface area contributed by atoms with E-state index in [9.17, 15) is 9.59 Å². The monoisotopic (exact) mass is 219 g/mol. The molecule has 0 saturated heterocycles. The zero-order chi connectivity index (χ0) is 12.3. The molecular weight excluding hydrogens is 202 g/mol. The number of rotatable bonds is 4. The highest BCUT2D eigenvalue weighted by Gasteiger charge is 2.07. The van der Waals surface area contributed by atoms with Gasteiger partial charge in [0.1, 0.15) is 0 Å². The van der Waals surface area contributed by atoms with Crippen molar-refractivity contribution in [3.8, 4) is 0 Å². The van der Waals surface area contributed by atoms with Gasteiger partial charge in [-0.3, -0.25) is 14.4 Å². The van der Waals surface area contributed by atoms with Crippen molar-refractivity contribution in [1.29, 1.82) is 0 Å². The van der Waals surface area contributed by atoms with Gasteiger partial charge in [0.15, 0.2) is 0 Å². The summed E-state index contributed by atoms with van der Waals surface area (Å²) in [5, 5.41) is 11.8. The second kappa shape index (κ2) is 10.5. The summed E-state index contributed by atoms with van der Waals surface area (Å²) in [6, 6.07) is -0.570. The molecule has 0 radical (unpaired) electrons. The van der Waals surface area contributed by atoms with Crippen LogP contribution in [-0.2, 0) is 14.4 Å². The van der Waals surface area contributed by atoms with Crippen molar-refractivity contribution in [2.75, 3.05) is 13.1 Å². The molecule has 0 aromatic heterocycles. The highest BCUT2D eigenvalue weighted by atomic mass is 16.3. The molecule has 0 rings (SSSR count). The van der Waals surface area contributed by atoms with E-state index in [0.717, 1.165) is 0 Å². The number of hydrogen-bond acceptors (Lipinski definition) is 4. The van der Waals surface area contributed by atoms with E-state index in [0.29, 0.717) is 6.54 Å². The summed E-state index contributed by atoms with van der Waals surface area (Å²) >= 11 is 0. The van der Waals surface area contributed by atoms with Crippen LogP contribution in [0.5, 0.6) is 0 Å². The van der Waals surface area contributed by atoms with Crippen molar-refractivity contribution in [3.05, 3.63) is 0 Å². The van der Waals surface area contributed by atoms with Gasteiger partial charge in [-0.1, -0.05) is 0 Å². The summed E-state index contributed by atoms with van der Waals surface area (Å²) in [6.07, 6.45) is 0. The Balaban J connectivity index is 0. The maximum atomic E-state index is 10.8. The van der Waals surface area contributed by atoms with E-state index in [1.54, 1.807) is 6.92 Å². The minimum absolute atomic E-state index is 0.00574. The van der Waals surface area contributed by atoms with Crippen molar-refractivity contribution in [1.82, 2.24) is 10.6 Å². The molecule has 0 aromatic rings. The molecule has 0 aliphatic rings. The zero-order valence-corrected chi connectivity index (χ0v) is 8.82. The molecule has 1 unspecified atom stereocenters. The molecule has 15 heavy (non-hydrogen) atoms. The van der Waals surface area contributed by atoms with Gasteiger partial charge in [0.2, 0.25) is 11.8 Å². The van der Waals surface area contributed by atoms with Gasteiger partial charge in [0, 0.05) is 6.54 Å². The molecular formula is C8H17N3O4. The van der Waals surface area contributed by atoms with Gasteiger partial charge in [-0.15, -0.1) is 0 Å². The average molecular weight is 219 g/mol. The molecule has 1 atom stereocenters. The van der Waals surface area contributed by atoms with E-state index in [1.807, 2.05) is 6.92 Å². The molecule has 0 fully saturated rings. The zero-order valence-electron chi connectivity index (χ0n) is 8.82. The molecule has 0 heterocycles. The highest BCUT2D eigenvalue weighted by molar-refractivity contribution is 5.86. The van der Waals surface area contributed by atoms with E-state index >= 15 is 0 Å². The summed E-state index contributed by atoms with van der Waals surface area (Å²) in [7, 11) is 0. The summed E-state index contributed by atoms with van der Waals surface area (Å²) in [4.78, 5) is 30.0. The smallest absolute Gasteiger partial charge is 0.290 e. The van der Waals surface area contributed by atoms with E-state index in [2.05, 4.69) is 10.6 Å². The van der Waals surface area contributed by atoms with Crippen LogP contribution in [0.4, 0.5) is 0 Å². The van der Waals surface area contributed by atoms with Crippen LogP contribution in [0.1, 0.15) is 13.8 Å². The first-order valence-corrected chi connectivity index (χ1v) is 4.37. The van der Waals surface area contributed by atoms with E-state index in [4.69, 9.17) is 15.6 Å². The van der Waals surface area contributed by atoms with Crippen molar-refractivity contribution in [3.63, 3.8) is 0 Å². The Morgan fingerprint density at radius 1 is 1.47 bits per heavy atom. The third-order valence-corrected chi connectivity index (χ3v) is 1.21. The van der Waals surface area contributed by atoms with Crippen LogP contribution >= 0.6 is 0 Å².